The summed E-state index contributed by atoms with van der Waals surface area (Å²) in [6, 6.07) is 12.9. The summed E-state index contributed by atoms with van der Waals surface area (Å²) in [5.41, 5.74) is 7.21. The lowest BCUT2D eigenvalue weighted by molar-refractivity contribution is -0.137. The molecule has 1 aliphatic rings. The molecule has 176 valence electrons. The molecular weight excluding hydrogens is 445 g/mol. The van der Waals surface area contributed by atoms with E-state index in [1.807, 2.05) is 6.07 Å². The van der Waals surface area contributed by atoms with Gasteiger partial charge in [-0.3, -0.25) is 9.59 Å². The van der Waals surface area contributed by atoms with Crippen molar-refractivity contribution in [2.75, 3.05) is 19.0 Å². The molecule has 0 bridgehead atoms. The molecule has 6 nitrogen and oxygen atoms in total. The van der Waals surface area contributed by atoms with E-state index >= 15 is 0 Å². The number of amides is 1. The molecule has 0 aromatic heterocycles. The molecule has 0 radical (unpaired) electrons. The number of hydrogen-bond acceptors (Lipinski definition) is 5. The topological polar surface area (TPSA) is 90.4 Å². The number of nitrogens with two attached hydrogens (primary N) is 1. The molecule has 2 aromatic carbocycles. The van der Waals surface area contributed by atoms with Crippen molar-refractivity contribution in [3.05, 3.63) is 87.9 Å². The van der Waals surface area contributed by atoms with Crippen molar-refractivity contribution in [1.82, 2.24) is 4.90 Å². The van der Waals surface area contributed by atoms with E-state index in [1.165, 1.54) is 43.0 Å². The van der Waals surface area contributed by atoms with E-state index in [4.69, 9.17) is 11.0 Å². The molecule has 1 amide bonds. The second-order valence-corrected chi connectivity index (χ2v) is 8.10. The van der Waals surface area contributed by atoms with E-state index in [0.717, 1.165) is 12.1 Å². The van der Waals surface area contributed by atoms with Gasteiger partial charge < -0.3 is 15.5 Å². The number of nitrogens with zero attached hydrogens (tertiary/aromatic N) is 3. The zero-order valence-corrected chi connectivity index (χ0v) is 19.1. The summed E-state index contributed by atoms with van der Waals surface area (Å²) in [6.45, 7) is 2.91. The summed E-state index contributed by atoms with van der Waals surface area (Å²) in [7, 11) is 3.04. The second-order valence-electron chi connectivity index (χ2n) is 8.10. The molecule has 34 heavy (non-hydrogen) atoms. The number of hydrogen-bond donors (Lipinski definition) is 1. The molecule has 1 unspecified atom stereocenters. The van der Waals surface area contributed by atoms with E-state index in [2.05, 4.69) is 0 Å². The lowest BCUT2D eigenvalue weighted by Crippen LogP contribution is -2.41. The molecule has 2 N–H and O–H groups in total. The van der Waals surface area contributed by atoms with Crippen molar-refractivity contribution in [2.45, 2.75) is 25.9 Å². The van der Waals surface area contributed by atoms with Gasteiger partial charge in [-0.1, -0.05) is 18.2 Å². The fourth-order valence-corrected chi connectivity index (χ4v) is 4.09. The summed E-state index contributed by atoms with van der Waals surface area (Å²) < 4.78 is 40.1. The Morgan fingerprint density at radius 3 is 2.21 bits per heavy atom. The van der Waals surface area contributed by atoms with Gasteiger partial charge in [0.1, 0.15) is 5.82 Å². The zero-order valence-electron chi connectivity index (χ0n) is 19.1. The van der Waals surface area contributed by atoms with Crippen LogP contribution in [-0.2, 0) is 15.8 Å². The highest BCUT2D eigenvalue weighted by atomic mass is 19.4. The number of benzene rings is 2. The summed E-state index contributed by atoms with van der Waals surface area (Å²) in [5, 5.41) is 9.13. The Labute approximate surface area is 195 Å². The van der Waals surface area contributed by atoms with Gasteiger partial charge in [-0.05, 0) is 49.7 Å². The number of alkyl halides is 3. The molecule has 2 aromatic rings. The van der Waals surface area contributed by atoms with Gasteiger partial charge in [0, 0.05) is 37.0 Å². The van der Waals surface area contributed by atoms with Gasteiger partial charge >= 0.3 is 6.18 Å². The second kappa shape index (κ2) is 9.06. The van der Waals surface area contributed by atoms with Crippen LogP contribution in [0.2, 0.25) is 0 Å². The predicted octanol–water partition coefficient (Wildman–Crippen LogP) is 4.30. The Bertz CT molecular complexity index is 1250. The molecule has 0 saturated carbocycles. The lowest BCUT2D eigenvalue weighted by Gasteiger charge is -2.38. The van der Waals surface area contributed by atoms with Crippen LogP contribution in [0.5, 0.6) is 0 Å². The van der Waals surface area contributed by atoms with Crippen LogP contribution in [0.4, 0.5) is 18.9 Å². The van der Waals surface area contributed by atoms with Crippen molar-refractivity contribution < 1.29 is 22.8 Å². The number of nitriles is 1. The maximum atomic E-state index is 13.4. The van der Waals surface area contributed by atoms with E-state index < -0.39 is 23.6 Å². The summed E-state index contributed by atoms with van der Waals surface area (Å²) >= 11 is 0. The number of allylic oxidation sites excluding steroid dienone is 2. The molecule has 0 spiro atoms. The number of anilines is 1. The van der Waals surface area contributed by atoms with Crippen molar-refractivity contribution in [3.63, 3.8) is 0 Å². The van der Waals surface area contributed by atoms with Crippen LogP contribution >= 0.6 is 0 Å². The number of rotatable bonds is 4. The number of carbonyl (C=O) groups is 2. The van der Waals surface area contributed by atoms with Crippen LogP contribution in [0.15, 0.2) is 71.2 Å². The Morgan fingerprint density at radius 2 is 1.71 bits per heavy atom. The molecule has 9 heteroatoms. The first-order chi connectivity index (χ1) is 15.9. The van der Waals surface area contributed by atoms with Gasteiger partial charge in [0.2, 0.25) is 0 Å². The molecular formula is C25H23F3N4O2. The average Bonchev–Trinajstić information content (AvgIpc) is 2.77. The monoisotopic (exact) mass is 468 g/mol. The third-order valence-electron chi connectivity index (χ3n) is 5.64. The molecule has 0 aliphatic carbocycles. The van der Waals surface area contributed by atoms with Crippen LogP contribution < -0.4 is 10.6 Å². The van der Waals surface area contributed by atoms with Crippen LogP contribution in [0, 0.1) is 11.3 Å². The van der Waals surface area contributed by atoms with Gasteiger partial charge in [0.15, 0.2) is 5.78 Å². The van der Waals surface area contributed by atoms with Crippen molar-refractivity contribution in [3.8, 4) is 6.07 Å². The molecule has 3 rings (SSSR count). The van der Waals surface area contributed by atoms with Crippen molar-refractivity contribution in [1.29, 1.82) is 5.26 Å². The third-order valence-corrected chi connectivity index (χ3v) is 5.64. The Morgan fingerprint density at radius 1 is 1.09 bits per heavy atom. The van der Waals surface area contributed by atoms with E-state index in [1.54, 1.807) is 31.2 Å². The third kappa shape index (κ3) is 4.39. The highest BCUT2D eigenvalue weighted by Gasteiger charge is 2.40. The normalized spacial score (nSPS) is 16.4. The highest BCUT2D eigenvalue weighted by molar-refractivity contribution is 6.05. The maximum absolute atomic E-state index is 13.4. The standard InChI is InChI=1S/C25H23F3N4O2/c1-14-20(15(2)33)21(17-10-8-16(13-29)9-11-17)22(24(34)31(3)4)23(30)32(14)19-7-5-6-18(12-19)25(26,27)28/h5-12,21H,30H2,1-4H3. The van der Waals surface area contributed by atoms with E-state index in [0.29, 0.717) is 16.8 Å². The van der Waals surface area contributed by atoms with Gasteiger partial charge in [0.25, 0.3) is 5.91 Å². The molecule has 0 saturated heterocycles. The maximum Gasteiger partial charge on any atom is 0.416 e. The molecule has 1 aliphatic heterocycles. The number of halogens is 3. The minimum atomic E-state index is -4.58. The van der Waals surface area contributed by atoms with Gasteiger partial charge in [-0.15, -0.1) is 0 Å². The fraction of sp³-hybridized carbons (Fsp3) is 0.240. The first-order valence-electron chi connectivity index (χ1n) is 10.3. The number of ketones is 1. The first kappa shape index (κ1) is 24.6. The van der Waals surface area contributed by atoms with E-state index in [-0.39, 0.29) is 28.4 Å². The smallest absolute Gasteiger partial charge is 0.384 e. The fourth-order valence-electron chi connectivity index (χ4n) is 4.09. The number of carbonyl (C=O) groups excluding carboxylic acids is 2. The van der Waals surface area contributed by atoms with Gasteiger partial charge in [-0.25, -0.2) is 0 Å². The minimum absolute atomic E-state index is 0.0583. The Kier molecular flexibility index (Phi) is 6.55. The van der Waals surface area contributed by atoms with Crippen LogP contribution in [-0.4, -0.2) is 30.7 Å². The highest BCUT2D eigenvalue weighted by Crippen LogP contribution is 2.44. The predicted molar refractivity (Wildman–Crippen MR) is 121 cm³/mol. The molecule has 0 fully saturated rings. The largest absolute Gasteiger partial charge is 0.416 e. The number of Topliss-reactive ketones (excluding diaryl/α,β-unsaturated/α-hetero) is 1. The van der Waals surface area contributed by atoms with Gasteiger partial charge in [-0.2, -0.15) is 18.4 Å². The summed E-state index contributed by atoms with van der Waals surface area (Å²) in [6.07, 6.45) is -4.58. The Hall–Kier alpha value is -4.06. The van der Waals surface area contributed by atoms with Crippen LogP contribution in [0.1, 0.15) is 36.5 Å². The van der Waals surface area contributed by atoms with Crippen molar-refractivity contribution >= 4 is 17.4 Å². The SMILES string of the molecule is CC(=O)C1=C(C)N(c2cccc(C(F)(F)F)c2)C(N)=C(C(=O)N(C)C)C1c1ccc(C#N)cc1. The summed E-state index contributed by atoms with van der Waals surface area (Å²) in [5.74, 6) is -1.78. The van der Waals surface area contributed by atoms with Crippen molar-refractivity contribution in [2.24, 2.45) is 5.73 Å². The first-order valence-corrected chi connectivity index (χ1v) is 10.3. The van der Waals surface area contributed by atoms with Gasteiger partial charge in [0.05, 0.1) is 22.8 Å². The zero-order chi connectivity index (χ0) is 25.4. The minimum Gasteiger partial charge on any atom is -0.384 e. The van der Waals surface area contributed by atoms with Crippen LogP contribution in [0.3, 0.4) is 0 Å². The summed E-state index contributed by atoms with van der Waals surface area (Å²) in [4.78, 5) is 28.7. The Balaban J connectivity index is 2.33. The lowest BCUT2D eigenvalue weighted by atomic mass is 9.78. The molecule has 1 atom stereocenters. The quantitative estimate of drug-likeness (QED) is 0.723. The number of likely N-dealkylation sites (N-methyl/N-ethyl adjacent to an activating group) is 1. The molecule has 1 heterocycles. The average molecular weight is 468 g/mol. The van der Waals surface area contributed by atoms with Crippen LogP contribution in [0.25, 0.3) is 0 Å². The van der Waals surface area contributed by atoms with E-state index in [9.17, 15) is 22.8 Å².